The number of rotatable bonds is 1. The summed E-state index contributed by atoms with van der Waals surface area (Å²) in [4.78, 5) is 27.1. The second-order valence-corrected chi connectivity index (χ2v) is 4.03. The minimum atomic E-state index is -1.10. The van der Waals surface area contributed by atoms with E-state index in [9.17, 15) is 9.59 Å². The molecule has 0 radical (unpaired) electrons. The molecule has 1 aromatic rings. The van der Waals surface area contributed by atoms with Gasteiger partial charge in [-0.25, -0.2) is 14.6 Å². The SMILES string of the molecule is C[C@H]1CCN(C(=O)O)c2ccc(C(=O)O)nc21. The summed E-state index contributed by atoms with van der Waals surface area (Å²) >= 11 is 0. The first-order valence-corrected chi connectivity index (χ1v) is 5.25. The van der Waals surface area contributed by atoms with Crippen molar-refractivity contribution in [2.45, 2.75) is 19.3 Å². The molecule has 90 valence electrons. The number of carbonyl (C=O) groups is 2. The van der Waals surface area contributed by atoms with Crippen LogP contribution in [-0.4, -0.2) is 33.8 Å². The molecule has 1 aliphatic rings. The van der Waals surface area contributed by atoms with Gasteiger partial charge in [0.15, 0.2) is 0 Å². The summed E-state index contributed by atoms with van der Waals surface area (Å²) in [6.45, 7) is 2.33. The van der Waals surface area contributed by atoms with Crippen molar-refractivity contribution in [1.82, 2.24) is 4.98 Å². The van der Waals surface area contributed by atoms with Crippen molar-refractivity contribution in [3.05, 3.63) is 23.5 Å². The van der Waals surface area contributed by atoms with E-state index in [4.69, 9.17) is 10.2 Å². The molecule has 6 nitrogen and oxygen atoms in total. The topological polar surface area (TPSA) is 90.7 Å². The summed E-state index contributed by atoms with van der Waals surface area (Å²) in [5, 5.41) is 17.9. The Hall–Kier alpha value is -2.11. The Morgan fingerprint density at radius 1 is 1.41 bits per heavy atom. The molecule has 0 aromatic carbocycles. The molecule has 1 amide bonds. The highest BCUT2D eigenvalue weighted by Gasteiger charge is 2.28. The maximum absolute atomic E-state index is 11.0. The summed E-state index contributed by atoms with van der Waals surface area (Å²) in [6, 6.07) is 2.84. The zero-order valence-electron chi connectivity index (χ0n) is 9.25. The van der Waals surface area contributed by atoms with Gasteiger partial charge in [0.1, 0.15) is 5.69 Å². The van der Waals surface area contributed by atoms with E-state index < -0.39 is 12.1 Å². The molecule has 1 atom stereocenters. The lowest BCUT2D eigenvalue weighted by Gasteiger charge is -2.29. The standard InChI is InChI=1S/C11H12N2O4/c1-6-4-5-13(11(16)17)8-3-2-7(10(14)15)12-9(6)8/h2-3,6H,4-5H2,1H3,(H,14,15)(H,16,17)/t6-/m0/s1. The molecule has 0 saturated carbocycles. The first-order chi connectivity index (χ1) is 8.00. The zero-order chi connectivity index (χ0) is 12.6. The molecule has 6 heteroatoms. The highest BCUT2D eigenvalue weighted by Crippen LogP contribution is 2.33. The number of fused-ring (bicyclic) bond motifs is 1. The lowest BCUT2D eigenvalue weighted by atomic mass is 9.96. The third-order valence-corrected chi connectivity index (χ3v) is 2.90. The Morgan fingerprint density at radius 3 is 2.71 bits per heavy atom. The van der Waals surface area contributed by atoms with Crippen LogP contribution in [0.15, 0.2) is 12.1 Å². The van der Waals surface area contributed by atoms with Crippen molar-refractivity contribution < 1.29 is 19.8 Å². The highest BCUT2D eigenvalue weighted by atomic mass is 16.4. The van der Waals surface area contributed by atoms with Gasteiger partial charge >= 0.3 is 12.1 Å². The Labute approximate surface area is 97.5 Å². The Bertz CT molecular complexity index is 486. The van der Waals surface area contributed by atoms with Crippen molar-refractivity contribution in [3.8, 4) is 0 Å². The first kappa shape index (κ1) is 11.4. The van der Waals surface area contributed by atoms with Gasteiger partial charge < -0.3 is 10.2 Å². The minimum absolute atomic E-state index is 0.0529. The van der Waals surface area contributed by atoms with Crippen molar-refractivity contribution in [3.63, 3.8) is 0 Å². The van der Waals surface area contributed by atoms with Crippen LogP contribution in [-0.2, 0) is 0 Å². The fourth-order valence-electron chi connectivity index (χ4n) is 1.96. The number of carboxylic acids is 1. The number of aromatic nitrogens is 1. The summed E-state index contributed by atoms with van der Waals surface area (Å²) in [5.41, 5.74) is 0.975. The summed E-state index contributed by atoms with van der Waals surface area (Å²) in [6.07, 6.45) is -0.391. The maximum atomic E-state index is 11.0. The van der Waals surface area contributed by atoms with E-state index in [2.05, 4.69) is 4.98 Å². The van der Waals surface area contributed by atoms with Crippen molar-refractivity contribution >= 4 is 17.7 Å². The molecule has 0 spiro atoms. The second kappa shape index (κ2) is 4.04. The van der Waals surface area contributed by atoms with E-state index in [1.807, 2.05) is 6.92 Å². The smallest absolute Gasteiger partial charge is 0.411 e. The number of hydrogen-bond donors (Lipinski definition) is 2. The van der Waals surface area contributed by atoms with E-state index in [1.165, 1.54) is 17.0 Å². The third-order valence-electron chi connectivity index (χ3n) is 2.90. The minimum Gasteiger partial charge on any atom is -0.477 e. The molecule has 1 aliphatic heterocycles. The van der Waals surface area contributed by atoms with Crippen LogP contribution in [0.4, 0.5) is 10.5 Å². The number of hydrogen-bond acceptors (Lipinski definition) is 3. The lowest BCUT2D eigenvalue weighted by molar-refractivity contribution is 0.0690. The normalized spacial score (nSPS) is 18.6. The van der Waals surface area contributed by atoms with Crippen LogP contribution in [0.2, 0.25) is 0 Å². The van der Waals surface area contributed by atoms with Gasteiger partial charge in [0.2, 0.25) is 0 Å². The fraction of sp³-hybridized carbons (Fsp3) is 0.364. The number of amides is 1. The summed E-state index contributed by atoms with van der Waals surface area (Å²) in [7, 11) is 0. The van der Waals surface area contributed by atoms with Gasteiger partial charge in [0.25, 0.3) is 0 Å². The van der Waals surface area contributed by atoms with Gasteiger partial charge in [0.05, 0.1) is 11.4 Å². The third kappa shape index (κ3) is 1.93. The van der Waals surface area contributed by atoms with E-state index in [1.54, 1.807) is 0 Å². The monoisotopic (exact) mass is 236 g/mol. The van der Waals surface area contributed by atoms with Crippen LogP contribution >= 0.6 is 0 Å². The average molecular weight is 236 g/mol. The van der Waals surface area contributed by atoms with Gasteiger partial charge in [-0.2, -0.15) is 0 Å². The van der Waals surface area contributed by atoms with E-state index in [-0.39, 0.29) is 11.6 Å². The Morgan fingerprint density at radius 2 is 2.12 bits per heavy atom. The van der Waals surface area contributed by atoms with E-state index >= 15 is 0 Å². The molecular formula is C11H12N2O4. The van der Waals surface area contributed by atoms with Gasteiger partial charge in [-0.3, -0.25) is 4.90 Å². The van der Waals surface area contributed by atoms with Crippen LogP contribution < -0.4 is 4.90 Å². The molecule has 2 rings (SSSR count). The Balaban J connectivity index is 2.51. The maximum Gasteiger partial charge on any atom is 0.411 e. The quantitative estimate of drug-likeness (QED) is 0.775. The molecule has 2 heterocycles. The predicted octanol–water partition coefficient (Wildman–Crippen LogP) is 1.77. The number of nitrogens with zero attached hydrogens (tertiary/aromatic N) is 2. The van der Waals surface area contributed by atoms with E-state index in [0.717, 1.165) is 0 Å². The molecule has 1 aromatic heterocycles. The number of carboxylic acid groups (broad SMARTS) is 2. The van der Waals surface area contributed by atoms with Gasteiger partial charge in [-0.1, -0.05) is 6.92 Å². The lowest BCUT2D eigenvalue weighted by Crippen LogP contribution is -2.35. The summed E-state index contributed by atoms with van der Waals surface area (Å²) < 4.78 is 0. The van der Waals surface area contributed by atoms with Crippen LogP contribution in [0.5, 0.6) is 0 Å². The van der Waals surface area contributed by atoms with Crippen LogP contribution in [0, 0.1) is 0 Å². The van der Waals surface area contributed by atoms with Crippen LogP contribution in [0.25, 0.3) is 0 Å². The molecular weight excluding hydrogens is 224 g/mol. The fourth-order valence-corrected chi connectivity index (χ4v) is 1.96. The average Bonchev–Trinajstić information content (AvgIpc) is 2.28. The molecule has 0 bridgehead atoms. The van der Waals surface area contributed by atoms with Crippen molar-refractivity contribution in [1.29, 1.82) is 0 Å². The van der Waals surface area contributed by atoms with Gasteiger partial charge in [-0.15, -0.1) is 0 Å². The number of anilines is 1. The van der Waals surface area contributed by atoms with Crippen LogP contribution in [0.3, 0.4) is 0 Å². The van der Waals surface area contributed by atoms with E-state index in [0.29, 0.717) is 24.3 Å². The molecule has 0 saturated heterocycles. The molecule has 17 heavy (non-hydrogen) atoms. The predicted molar refractivity (Wildman–Crippen MR) is 59.6 cm³/mol. The second-order valence-electron chi connectivity index (χ2n) is 4.03. The van der Waals surface area contributed by atoms with Gasteiger partial charge in [0, 0.05) is 12.5 Å². The molecule has 2 N–H and O–H groups in total. The van der Waals surface area contributed by atoms with Crippen LogP contribution in [0.1, 0.15) is 35.4 Å². The van der Waals surface area contributed by atoms with Crippen molar-refractivity contribution in [2.24, 2.45) is 0 Å². The zero-order valence-corrected chi connectivity index (χ0v) is 9.25. The van der Waals surface area contributed by atoms with Gasteiger partial charge in [-0.05, 0) is 18.6 Å². The first-order valence-electron chi connectivity index (χ1n) is 5.25. The molecule has 0 fully saturated rings. The Kier molecular flexibility index (Phi) is 2.71. The van der Waals surface area contributed by atoms with Crippen molar-refractivity contribution in [2.75, 3.05) is 11.4 Å². The highest BCUT2D eigenvalue weighted by molar-refractivity contribution is 5.90. The number of pyridine rings is 1. The largest absolute Gasteiger partial charge is 0.477 e. The summed E-state index contributed by atoms with van der Waals surface area (Å²) in [5.74, 6) is -1.03. The molecule has 0 unspecified atom stereocenters. The number of aromatic carboxylic acids is 1. The molecule has 0 aliphatic carbocycles.